The van der Waals surface area contributed by atoms with E-state index in [9.17, 15) is 18.0 Å². The normalized spacial score (nSPS) is 23.8. The molecular weight excluding hydrogens is 411 g/mol. The number of carbonyl (C=O) groups excluding carboxylic acids is 1. The molecule has 1 saturated heterocycles. The molecule has 4 heterocycles. The highest BCUT2D eigenvalue weighted by Crippen LogP contribution is 2.42. The van der Waals surface area contributed by atoms with Crippen molar-refractivity contribution >= 4 is 11.7 Å². The number of ether oxygens (including phenoxy) is 1. The van der Waals surface area contributed by atoms with E-state index in [2.05, 4.69) is 15.4 Å². The Balaban J connectivity index is 1.66. The van der Waals surface area contributed by atoms with Gasteiger partial charge in [-0.25, -0.2) is 9.67 Å². The molecule has 0 radical (unpaired) electrons. The highest BCUT2D eigenvalue weighted by molar-refractivity contribution is 5.94. The number of piperidine rings is 1. The van der Waals surface area contributed by atoms with Crippen molar-refractivity contribution in [3.8, 4) is 5.88 Å². The average Bonchev–Trinajstić information content (AvgIpc) is 3.21. The van der Waals surface area contributed by atoms with Crippen LogP contribution in [0.4, 0.5) is 19.0 Å². The number of hydrogen-bond donors (Lipinski definition) is 1. The molecule has 31 heavy (non-hydrogen) atoms. The third-order valence-electron chi connectivity index (χ3n) is 6.08. The molecule has 0 saturated carbocycles. The molecule has 7 nitrogen and oxygen atoms in total. The fraction of sp³-hybridized carbons (Fsp3) is 0.571. The van der Waals surface area contributed by atoms with E-state index in [1.165, 1.54) is 13.3 Å². The summed E-state index contributed by atoms with van der Waals surface area (Å²) in [5, 5.41) is 7.53. The molecule has 1 amide bonds. The number of nitrogens with zero attached hydrogens (tertiary/aromatic N) is 4. The molecule has 4 rings (SSSR count). The smallest absolute Gasteiger partial charge is 0.410 e. The molecule has 2 aliphatic heterocycles. The third-order valence-corrected chi connectivity index (χ3v) is 6.08. The summed E-state index contributed by atoms with van der Waals surface area (Å²) in [5.74, 6) is 0.488. The predicted octanol–water partition coefficient (Wildman–Crippen LogP) is 4.35. The van der Waals surface area contributed by atoms with E-state index in [0.29, 0.717) is 42.3 Å². The molecule has 2 aromatic rings. The van der Waals surface area contributed by atoms with Gasteiger partial charge in [0.1, 0.15) is 5.82 Å². The van der Waals surface area contributed by atoms with E-state index in [4.69, 9.17) is 4.74 Å². The van der Waals surface area contributed by atoms with Gasteiger partial charge in [0, 0.05) is 36.5 Å². The molecule has 1 fully saturated rings. The highest BCUT2D eigenvalue weighted by Gasteiger charge is 2.46. The van der Waals surface area contributed by atoms with Gasteiger partial charge in [0.15, 0.2) is 6.04 Å². The first-order valence-corrected chi connectivity index (χ1v) is 10.6. The van der Waals surface area contributed by atoms with Crippen LogP contribution in [-0.2, 0) is 0 Å². The van der Waals surface area contributed by atoms with E-state index < -0.39 is 12.2 Å². The highest BCUT2D eigenvalue weighted by atomic mass is 19.4. The summed E-state index contributed by atoms with van der Waals surface area (Å²) >= 11 is 0. The Hall–Kier alpha value is -2.78. The Morgan fingerprint density at radius 1 is 1.32 bits per heavy atom. The van der Waals surface area contributed by atoms with Crippen LogP contribution in [0.2, 0.25) is 0 Å². The molecule has 3 atom stereocenters. The standard InChI is InChI=1S/C21H26F3N5O2/c1-3-14-11-17(21(22,23)24)29-18(26-14)12-15(27-29)16-6-4-5-9-28(16)20(30)13-7-8-25-19(10-13)31-2/h7-8,10,12,14,16-17,26H,3-6,9,11H2,1-2H3/t14-,16?,17-/m1/s1. The second-order valence-corrected chi connectivity index (χ2v) is 8.04. The summed E-state index contributed by atoms with van der Waals surface area (Å²) in [5.41, 5.74) is 0.919. The first kappa shape index (κ1) is 21.5. The fourth-order valence-corrected chi connectivity index (χ4v) is 4.40. The van der Waals surface area contributed by atoms with Gasteiger partial charge in [0.2, 0.25) is 5.88 Å². The molecule has 0 aliphatic carbocycles. The van der Waals surface area contributed by atoms with Gasteiger partial charge in [-0.3, -0.25) is 4.79 Å². The molecular formula is C21H26F3N5O2. The van der Waals surface area contributed by atoms with Crippen molar-refractivity contribution in [1.82, 2.24) is 19.7 Å². The average molecular weight is 437 g/mol. The lowest BCUT2D eigenvalue weighted by Crippen LogP contribution is -2.39. The van der Waals surface area contributed by atoms with Crippen molar-refractivity contribution in [2.24, 2.45) is 0 Å². The minimum atomic E-state index is -4.39. The van der Waals surface area contributed by atoms with Crippen LogP contribution < -0.4 is 10.1 Å². The summed E-state index contributed by atoms with van der Waals surface area (Å²) in [4.78, 5) is 19.0. The van der Waals surface area contributed by atoms with E-state index in [0.717, 1.165) is 17.5 Å². The lowest BCUT2D eigenvalue weighted by Gasteiger charge is -2.35. The number of amides is 1. The Labute approximate surface area is 178 Å². The van der Waals surface area contributed by atoms with Gasteiger partial charge < -0.3 is 15.0 Å². The van der Waals surface area contributed by atoms with Gasteiger partial charge >= 0.3 is 6.18 Å². The molecule has 0 aromatic carbocycles. The predicted molar refractivity (Wildman–Crippen MR) is 108 cm³/mol. The number of rotatable bonds is 4. The number of likely N-dealkylation sites (tertiary alicyclic amines) is 1. The minimum Gasteiger partial charge on any atom is -0.481 e. The van der Waals surface area contributed by atoms with Crippen LogP contribution in [0, 0.1) is 0 Å². The van der Waals surface area contributed by atoms with Gasteiger partial charge in [-0.05, 0) is 38.2 Å². The number of methoxy groups -OCH3 is 1. The van der Waals surface area contributed by atoms with E-state index in [1.807, 2.05) is 6.92 Å². The van der Waals surface area contributed by atoms with Crippen LogP contribution in [0.1, 0.15) is 67.2 Å². The number of anilines is 1. The van der Waals surface area contributed by atoms with Crippen LogP contribution in [-0.4, -0.2) is 51.4 Å². The Kier molecular flexibility index (Phi) is 5.81. The quantitative estimate of drug-likeness (QED) is 0.770. The fourth-order valence-electron chi connectivity index (χ4n) is 4.40. The third kappa shape index (κ3) is 4.20. The van der Waals surface area contributed by atoms with Gasteiger partial charge in [-0.1, -0.05) is 6.92 Å². The molecule has 0 spiro atoms. The Morgan fingerprint density at radius 3 is 2.84 bits per heavy atom. The number of pyridine rings is 1. The lowest BCUT2D eigenvalue weighted by molar-refractivity contribution is -0.173. The van der Waals surface area contributed by atoms with Gasteiger partial charge in [-0.15, -0.1) is 0 Å². The number of alkyl halides is 3. The van der Waals surface area contributed by atoms with Crippen LogP contribution in [0.5, 0.6) is 5.88 Å². The zero-order valence-electron chi connectivity index (χ0n) is 17.5. The van der Waals surface area contributed by atoms with Crippen molar-refractivity contribution in [2.75, 3.05) is 19.0 Å². The Bertz CT molecular complexity index is 945. The first-order chi connectivity index (χ1) is 14.8. The molecule has 2 aliphatic rings. The monoisotopic (exact) mass is 437 g/mol. The lowest BCUT2D eigenvalue weighted by atomic mass is 9.98. The van der Waals surface area contributed by atoms with Crippen molar-refractivity contribution in [3.63, 3.8) is 0 Å². The largest absolute Gasteiger partial charge is 0.481 e. The minimum absolute atomic E-state index is 0.0573. The van der Waals surface area contributed by atoms with E-state index in [1.54, 1.807) is 23.1 Å². The van der Waals surface area contributed by atoms with Crippen molar-refractivity contribution in [1.29, 1.82) is 0 Å². The number of hydrogen-bond acceptors (Lipinski definition) is 5. The molecule has 2 aromatic heterocycles. The first-order valence-electron chi connectivity index (χ1n) is 10.6. The number of halogens is 3. The maximum atomic E-state index is 13.7. The van der Waals surface area contributed by atoms with Crippen molar-refractivity contribution in [3.05, 3.63) is 35.7 Å². The Morgan fingerprint density at radius 2 is 2.13 bits per heavy atom. The van der Waals surface area contributed by atoms with Crippen LogP contribution in [0.15, 0.2) is 24.4 Å². The molecule has 10 heteroatoms. The molecule has 1 N–H and O–H groups in total. The topological polar surface area (TPSA) is 72.3 Å². The number of fused-ring (bicyclic) bond motifs is 1. The zero-order valence-corrected chi connectivity index (χ0v) is 17.5. The summed E-state index contributed by atoms with van der Waals surface area (Å²) in [6.07, 6.45) is 0.0111. The van der Waals surface area contributed by atoms with Gasteiger partial charge in [-0.2, -0.15) is 18.3 Å². The summed E-state index contributed by atoms with van der Waals surface area (Å²) in [6.45, 7) is 2.38. The summed E-state index contributed by atoms with van der Waals surface area (Å²) in [7, 11) is 1.48. The second kappa shape index (κ2) is 8.39. The maximum Gasteiger partial charge on any atom is 0.410 e. The van der Waals surface area contributed by atoms with Crippen LogP contribution in [0.3, 0.4) is 0 Å². The molecule has 1 unspecified atom stereocenters. The van der Waals surface area contributed by atoms with Crippen molar-refractivity contribution < 1.29 is 22.7 Å². The van der Waals surface area contributed by atoms with E-state index in [-0.39, 0.29) is 24.4 Å². The maximum absolute atomic E-state index is 13.7. The number of carbonyl (C=O) groups is 1. The van der Waals surface area contributed by atoms with E-state index >= 15 is 0 Å². The van der Waals surface area contributed by atoms with Gasteiger partial charge in [0.05, 0.1) is 18.8 Å². The summed E-state index contributed by atoms with van der Waals surface area (Å²) < 4.78 is 47.3. The number of aromatic nitrogens is 3. The van der Waals surface area contributed by atoms with Crippen LogP contribution >= 0.6 is 0 Å². The molecule has 0 bridgehead atoms. The number of nitrogens with one attached hydrogen (secondary N) is 1. The molecule has 168 valence electrons. The summed E-state index contributed by atoms with van der Waals surface area (Å²) in [6, 6.07) is 2.54. The van der Waals surface area contributed by atoms with Crippen LogP contribution in [0.25, 0.3) is 0 Å². The van der Waals surface area contributed by atoms with Gasteiger partial charge in [0.25, 0.3) is 5.91 Å². The SMILES string of the molecule is CC[C@@H]1C[C@H](C(F)(F)F)n2nc(C3CCCCN3C(=O)c3ccnc(OC)c3)cc2N1. The van der Waals surface area contributed by atoms with Crippen molar-refractivity contribution in [2.45, 2.75) is 63.3 Å². The second-order valence-electron chi connectivity index (χ2n) is 8.04. The zero-order chi connectivity index (χ0) is 22.2.